The van der Waals surface area contributed by atoms with Crippen LogP contribution in [0.15, 0.2) is 0 Å². The van der Waals surface area contributed by atoms with E-state index in [0.717, 1.165) is 5.66 Å². The minimum Gasteiger partial charge on any atom is -0.345 e. The number of hydrogen-bond acceptors (Lipinski definition) is 2. The van der Waals surface area contributed by atoms with E-state index in [4.69, 9.17) is 9.47 Å². The predicted octanol–water partition coefficient (Wildman–Crippen LogP) is 5.45. The topological polar surface area (TPSA) is 18.5 Å². The summed E-state index contributed by atoms with van der Waals surface area (Å²) in [7, 11) is -0.104. The molecule has 3 heteroatoms. The summed E-state index contributed by atoms with van der Waals surface area (Å²) in [4.78, 5) is 0. The molecule has 2 aliphatic carbocycles. The van der Waals surface area contributed by atoms with Crippen LogP contribution in [-0.2, 0) is 9.47 Å². The van der Waals surface area contributed by atoms with Gasteiger partial charge in [-0.05, 0) is 53.1 Å². The number of rotatable bonds is 2. The second-order valence-corrected chi connectivity index (χ2v) is 10.1. The van der Waals surface area contributed by atoms with Crippen molar-refractivity contribution in [1.29, 1.82) is 0 Å². The molecule has 116 valence electrons. The third-order valence-electron chi connectivity index (χ3n) is 5.53. The van der Waals surface area contributed by atoms with Crippen molar-refractivity contribution in [3.63, 3.8) is 0 Å². The summed E-state index contributed by atoms with van der Waals surface area (Å²) in [6.45, 7) is 4.66. The first-order valence-corrected chi connectivity index (χ1v) is 10.4. The highest BCUT2D eigenvalue weighted by Gasteiger charge is 2.41. The van der Waals surface area contributed by atoms with Crippen LogP contribution in [0.5, 0.6) is 0 Å². The van der Waals surface area contributed by atoms with Crippen LogP contribution in [0.2, 0.25) is 0 Å². The highest BCUT2D eigenvalue weighted by Crippen LogP contribution is 2.59. The summed E-state index contributed by atoms with van der Waals surface area (Å²) in [5, 5.41) is 0. The van der Waals surface area contributed by atoms with Gasteiger partial charge < -0.3 is 9.47 Å². The monoisotopic (exact) mass is 298 g/mol. The molecule has 3 aliphatic rings. The minimum atomic E-state index is -0.104. The van der Waals surface area contributed by atoms with Crippen molar-refractivity contribution in [3.8, 4) is 0 Å². The van der Waals surface area contributed by atoms with Crippen molar-refractivity contribution in [3.05, 3.63) is 0 Å². The molecule has 1 saturated heterocycles. The van der Waals surface area contributed by atoms with Gasteiger partial charge in [-0.3, -0.25) is 0 Å². The van der Waals surface area contributed by atoms with Gasteiger partial charge >= 0.3 is 0 Å². The molecule has 0 aromatic heterocycles. The van der Waals surface area contributed by atoms with Crippen molar-refractivity contribution >= 4 is 7.92 Å². The normalized spacial score (nSPS) is 41.7. The quantitative estimate of drug-likeness (QED) is 0.631. The maximum absolute atomic E-state index is 6.37. The van der Waals surface area contributed by atoms with Crippen LogP contribution < -0.4 is 0 Å². The van der Waals surface area contributed by atoms with Gasteiger partial charge in [-0.1, -0.05) is 38.5 Å². The summed E-state index contributed by atoms with van der Waals surface area (Å²) >= 11 is 0. The van der Waals surface area contributed by atoms with Crippen LogP contribution in [0.3, 0.4) is 0 Å². The van der Waals surface area contributed by atoms with Gasteiger partial charge in [0.2, 0.25) is 0 Å². The zero-order valence-electron chi connectivity index (χ0n) is 13.2. The Morgan fingerprint density at radius 1 is 0.700 bits per heavy atom. The Morgan fingerprint density at radius 3 is 1.75 bits per heavy atom. The molecule has 0 aromatic rings. The second-order valence-electron chi connectivity index (χ2n) is 6.98. The van der Waals surface area contributed by atoms with Crippen LogP contribution in [0, 0.1) is 5.92 Å². The van der Waals surface area contributed by atoms with Crippen LogP contribution in [0.4, 0.5) is 0 Å². The average molecular weight is 298 g/mol. The number of hydrogen-bond donors (Lipinski definition) is 0. The fourth-order valence-corrected chi connectivity index (χ4v) is 7.72. The van der Waals surface area contributed by atoms with Crippen LogP contribution in [-0.4, -0.2) is 23.6 Å². The van der Waals surface area contributed by atoms with E-state index in [1.807, 2.05) is 0 Å². The van der Waals surface area contributed by atoms with Gasteiger partial charge in [0, 0.05) is 5.92 Å². The summed E-state index contributed by atoms with van der Waals surface area (Å²) in [5.41, 5.74) is 0.899. The molecule has 0 aromatic carbocycles. The Bertz CT molecular complexity index is 285. The molecule has 0 spiro atoms. The fourth-order valence-electron chi connectivity index (χ4n) is 4.46. The lowest BCUT2D eigenvalue weighted by atomic mass is 9.89. The lowest BCUT2D eigenvalue weighted by Gasteiger charge is -2.46. The molecule has 2 atom stereocenters. The van der Waals surface area contributed by atoms with E-state index < -0.39 is 0 Å². The molecule has 20 heavy (non-hydrogen) atoms. The van der Waals surface area contributed by atoms with Crippen molar-refractivity contribution in [1.82, 2.24) is 0 Å². The van der Waals surface area contributed by atoms with Crippen molar-refractivity contribution in [2.24, 2.45) is 5.92 Å². The first kappa shape index (κ1) is 15.3. The lowest BCUT2D eigenvalue weighted by Crippen LogP contribution is -2.41. The average Bonchev–Trinajstić information content (AvgIpc) is 2.48. The third-order valence-corrected chi connectivity index (χ3v) is 8.82. The fraction of sp³-hybridized carbons (Fsp3) is 1.00. The predicted molar refractivity (Wildman–Crippen MR) is 85.3 cm³/mol. The molecule has 2 nitrogen and oxygen atoms in total. The Hall–Kier alpha value is 0.350. The molecule has 1 heterocycles. The van der Waals surface area contributed by atoms with Gasteiger partial charge in [0.05, 0.1) is 11.7 Å². The van der Waals surface area contributed by atoms with Crippen LogP contribution in [0.25, 0.3) is 0 Å². The van der Waals surface area contributed by atoms with Crippen molar-refractivity contribution < 1.29 is 9.47 Å². The minimum absolute atomic E-state index is 0.0997. The first-order chi connectivity index (χ1) is 9.75. The highest BCUT2D eigenvalue weighted by molar-refractivity contribution is 7.59. The van der Waals surface area contributed by atoms with E-state index in [1.54, 1.807) is 0 Å². The maximum atomic E-state index is 6.37. The standard InChI is InChI=1S/C17H31O2P/c1-13-18-17(15-9-5-3-6-10-15)19-14(2)20(13)16-11-7-4-8-12-16/h13-17H,3-12H2,1-2H3. The Balaban J connectivity index is 1.60. The third kappa shape index (κ3) is 3.39. The molecular formula is C17H31O2P. The summed E-state index contributed by atoms with van der Waals surface area (Å²) < 4.78 is 12.7. The Kier molecular flexibility index (Phi) is 5.39. The molecule has 0 N–H and O–H groups in total. The Morgan fingerprint density at radius 2 is 1.20 bits per heavy atom. The summed E-state index contributed by atoms with van der Waals surface area (Å²) in [6.07, 6.45) is 14.0. The lowest BCUT2D eigenvalue weighted by molar-refractivity contribution is -0.204. The molecule has 3 fully saturated rings. The highest BCUT2D eigenvalue weighted by atomic mass is 31.1. The van der Waals surface area contributed by atoms with Gasteiger partial charge in [0.1, 0.15) is 0 Å². The first-order valence-electron chi connectivity index (χ1n) is 8.84. The molecule has 3 rings (SSSR count). The molecule has 0 radical (unpaired) electrons. The summed E-state index contributed by atoms with van der Waals surface area (Å²) in [6, 6.07) is 0. The van der Waals surface area contributed by atoms with Crippen LogP contribution >= 0.6 is 7.92 Å². The SMILES string of the molecule is CC1OC(C2CCCCC2)OC(C)P1C1CCCCC1. The molecule has 0 bridgehead atoms. The molecule has 2 unspecified atom stereocenters. The van der Waals surface area contributed by atoms with E-state index in [1.165, 1.54) is 64.2 Å². The smallest absolute Gasteiger partial charge is 0.162 e. The second kappa shape index (κ2) is 7.07. The largest absolute Gasteiger partial charge is 0.345 e. The maximum Gasteiger partial charge on any atom is 0.162 e. The number of ether oxygens (including phenoxy) is 2. The van der Waals surface area contributed by atoms with E-state index in [0.29, 0.717) is 17.6 Å². The molecule has 1 aliphatic heterocycles. The van der Waals surface area contributed by atoms with Gasteiger partial charge in [0.15, 0.2) is 6.29 Å². The van der Waals surface area contributed by atoms with E-state index >= 15 is 0 Å². The van der Waals surface area contributed by atoms with Gasteiger partial charge in [-0.25, -0.2) is 0 Å². The van der Waals surface area contributed by atoms with Gasteiger partial charge in [0.25, 0.3) is 0 Å². The zero-order chi connectivity index (χ0) is 13.9. The van der Waals surface area contributed by atoms with E-state index in [2.05, 4.69) is 13.8 Å². The zero-order valence-corrected chi connectivity index (χ0v) is 14.1. The van der Waals surface area contributed by atoms with Gasteiger partial charge in [-0.2, -0.15) is 0 Å². The Labute approximate surface area is 125 Å². The molecular weight excluding hydrogens is 267 g/mol. The van der Waals surface area contributed by atoms with Gasteiger partial charge in [-0.15, -0.1) is 0 Å². The van der Waals surface area contributed by atoms with Crippen molar-refractivity contribution in [2.75, 3.05) is 0 Å². The molecule has 0 amide bonds. The summed E-state index contributed by atoms with van der Waals surface area (Å²) in [5.74, 6) is 1.56. The van der Waals surface area contributed by atoms with E-state index in [9.17, 15) is 0 Å². The van der Waals surface area contributed by atoms with E-state index in [-0.39, 0.29) is 14.2 Å². The molecule has 2 saturated carbocycles. The van der Waals surface area contributed by atoms with Crippen molar-refractivity contribution in [2.45, 2.75) is 102 Å². The van der Waals surface area contributed by atoms with Crippen LogP contribution in [0.1, 0.15) is 78.1 Å².